The zero-order valence-corrected chi connectivity index (χ0v) is 15.4. The monoisotopic (exact) mass is 318 g/mol. The summed E-state index contributed by atoms with van der Waals surface area (Å²) in [5.41, 5.74) is 0. The first-order valence-corrected chi connectivity index (χ1v) is 10.4. The molecule has 3 rings (SSSR count). The number of hydrogen-bond acceptors (Lipinski definition) is 1. The second-order valence-corrected chi connectivity index (χ2v) is 9.33. The lowest BCUT2D eigenvalue weighted by atomic mass is 9.69. The highest BCUT2D eigenvalue weighted by molar-refractivity contribution is 4.94. The van der Waals surface area contributed by atoms with Crippen molar-refractivity contribution in [1.82, 2.24) is 0 Å². The van der Waals surface area contributed by atoms with Crippen molar-refractivity contribution in [3.63, 3.8) is 0 Å². The number of aliphatic hydroxyl groups excluding tert-OH is 1. The van der Waals surface area contributed by atoms with E-state index < -0.39 is 0 Å². The first kappa shape index (κ1) is 17.5. The quantitative estimate of drug-likeness (QED) is 0.632. The SMILES string of the molecule is C=CC(O)C1CCCCC1C1CCC(CC2CC(C)CC2C)C1. The molecule has 3 aliphatic carbocycles. The highest BCUT2D eigenvalue weighted by Gasteiger charge is 2.40. The zero-order chi connectivity index (χ0) is 16.4. The molecule has 1 heteroatoms. The summed E-state index contributed by atoms with van der Waals surface area (Å²) in [5.74, 6) is 6.02. The summed E-state index contributed by atoms with van der Waals surface area (Å²) in [6.07, 6.45) is 15.5. The van der Waals surface area contributed by atoms with Gasteiger partial charge in [-0.05, 0) is 86.4 Å². The van der Waals surface area contributed by atoms with Gasteiger partial charge in [-0.25, -0.2) is 0 Å². The highest BCUT2D eigenvalue weighted by Crippen LogP contribution is 2.49. The summed E-state index contributed by atoms with van der Waals surface area (Å²) in [6, 6.07) is 0. The Hall–Kier alpha value is -0.300. The van der Waals surface area contributed by atoms with Gasteiger partial charge in [-0.2, -0.15) is 0 Å². The maximum absolute atomic E-state index is 10.4. The van der Waals surface area contributed by atoms with E-state index in [0.717, 1.165) is 35.5 Å². The molecule has 1 nitrogen and oxygen atoms in total. The standard InChI is InChI=1S/C22H38O/c1-4-22(23)21-8-6-5-7-20(21)18-10-9-17(13-18)14-19-12-15(2)11-16(19)3/h4,15-23H,1,5-14H2,2-3H3. The second-order valence-electron chi connectivity index (χ2n) is 9.33. The summed E-state index contributed by atoms with van der Waals surface area (Å²) >= 11 is 0. The summed E-state index contributed by atoms with van der Waals surface area (Å²) < 4.78 is 0. The van der Waals surface area contributed by atoms with Gasteiger partial charge in [0.05, 0.1) is 6.10 Å². The molecule has 0 amide bonds. The van der Waals surface area contributed by atoms with E-state index in [2.05, 4.69) is 20.4 Å². The molecule has 1 N–H and O–H groups in total. The maximum Gasteiger partial charge on any atom is 0.0749 e. The number of aliphatic hydroxyl groups is 1. The molecule has 0 aromatic heterocycles. The van der Waals surface area contributed by atoms with Gasteiger partial charge in [0.15, 0.2) is 0 Å². The van der Waals surface area contributed by atoms with Gasteiger partial charge in [-0.15, -0.1) is 6.58 Å². The Morgan fingerprint density at radius 2 is 1.83 bits per heavy atom. The normalized spacial score (nSPS) is 46.0. The average Bonchev–Trinajstić information content (AvgIpc) is 3.13. The van der Waals surface area contributed by atoms with E-state index in [4.69, 9.17) is 0 Å². The summed E-state index contributed by atoms with van der Waals surface area (Å²) in [7, 11) is 0. The fourth-order valence-corrected chi connectivity index (χ4v) is 6.52. The van der Waals surface area contributed by atoms with Crippen molar-refractivity contribution in [2.75, 3.05) is 0 Å². The van der Waals surface area contributed by atoms with Crippen LogP contribution in [0.3, 0.4) is 0 Å². The molecule has 3 fully saturated rings. The van der Waals surface area contributed by atoms with E-state index in [1.165, 1.54) is 64.2 Å². The second kappa shape index (κ2) is 7.72. The fraction of sp³-hybridized carbons (Fsp3) is 0.909. The van der Waals surface area contributed by atoms with E-state index >= 15 is 0 Å². The van der Waals surface area contributed by atoms with Crippen LogP contribution in [0.25, 0.3) is 0 Å². The zero-order valence-electron chi connectivity index (χ0n) is 15.4. The van der Waals surface area contributed by atoms with Crippen LogP contribution in [0.1, 0.15) is 78.1 Å². The predicted octanol–water partition coefficient (Wildman–Crippen LogP) is 5.83. The van der Waals surface area contributed by atoms with Crippen LogP contribution in [0, 0.1) is 41.4 Å². The van der Waals surface area contributed by atoms with Crippen LogP contribution in [0.15, 0.2) is 12.7 Å². The van der Waals surface area contributed by atoms with Gasteiger partial charge in [0.1, 0.15) is 0 Å². The third-order valence-electron chi connectivity index (χ3n) is 7.66. The Bertz CT molecular complexity index is 389. The van der Waals surface area contributed by atoms with Crippen molar-refractivity contribution in [2.24, 2.45) is 41.4 Å². The van der Waals surface area contributed by atoms with Gasteiger partial charge in [-0.1, -0.05) is 39.2 Å². The third kappa shape index (κ3) is 4.03. The van der Waals surface area contributed by atoms with Crippen LogP contribution in [0.5, 0.6) is 0 Å². The first-order valence-electron chi connectivity index (χ1n) is 10.4. The molecule has 0 spiro atoms. The smallest absolute Gasteiger partial charge is 0.0749 e. The lowest BCUT2D eigenvalue weighted by Gasteiger charge is -2.37. The molecule has 8 atom stereocenters. The highest BCUT2D eigenvalue weighted by atomic mass is 16.3. The minimum absolute atomic E-state index is 0.268. The maximum atomic E-state index is 10.4. The van der Waals surface area contributed by atoms with Crippen LogP contribution < -0.4 is 0 Å². The van der Waals surface area contributed by atoms with E-state index in [1.54, 1.807) is 6.08 Å². The van der Waals surface area contributed by atoms with E-state index in [0.29, 0.717) is 5.92 Å². The van der Waals surface area contributed by atoms with Crippen LogP contribution in [-0.2, 0) is 0 Å². The summed E-state index contributed by atoms with van der Waals surface area (Å²) in [4.78, 5) is 0. The molecule has 0 radical (unpaired) electrons. The minimum Gasteiger partial charge on any atom is -0.389 e. The van der Waals surface area contributed by atoms with E-state index in [1.807, 2.05) is 0 Å². The lowest BCUT2D eigenvalue weighted by molar-refractivity contribution is 0.0521. The average molecular weight is 319 g/mol. The fourth-order valence-electron chi connectivity index (χ4n) is 6.52. The van der Waals surface area contributed by atoms with Crippen LogP contribution in [-0.4, -0.2) is 11.2 Å². The van der Waals surface area contributed by atoms with Gasteiger partial charge in [0.25, 0.3) is 0 Å². The van der Waals surface area contributed by atoms with Crippen molar-refractivity contribution >= 4 is 0 Å². The van der Waals surface area contributed by atoms with Crippen molar-refractivity contribution in [3.8, 4) is 0 Å². The van der Waals surface area contributed by atoms with Gasteiger partial charge in [0, 0.05) is 0 Å². The van der Waals surface area contributed by atoms with E-state index in [9.17, 15) is 5.11 Å². The van der Waals surface area contributed by atoms with Crippen molar-refractivity contribution in [1.29, 1.82) is 0 Å². The predicted molar refractivity (Wildman–Crippen MR) is 98.2 cm³/mol. The Morgan fingerprint density at radius 3 is 2.52 bits per heavy atom. The Kier molecular flexibility index (Phi) is 5.88. The molecule has 132 valence electrons. The Balaban J connectivity index is 1.55. The molecule has 0 aromatic rings. The topological polar surface area (TPSA) is 20.2 Å². The molecular formula is C22H38O. The minimum atomic E-state index is -0.268. The molecular weight excluding hydrogens is 280 g/mol. The largest absolute Gasteiger partial charge is 0.389 e. The number of hydrogen-bond donors (Lipinski definition) is 1. The third-order valence-corrected chi connectivity index (χ3v) is 7.66. The summed E-state index contributed by atoms with van der Waals surface area (Å²) in [5, 5.41) is 10.4. The first-order chi connectivity index (χ1) is 11.1. The molecule has 0 saturated heterocycles. The molecule has 0 bridgehead atoms. The lowest BCUT2D eigenvalue weighted by Crippen LogP contribution is -2.33. The number of rotatable bonds is 5. The molecule has 0 heterocycles. The molecule has 3 aliphatic rings. The van der Waals surface area contributed by atoms with Crippen molar-refractivity contribution < 1.29 is 5.11 Å². The molecule has 8 unspecified atom stereocenters. The molecule has 0 aliphatic heterocycles. The molecule has 0 aromatic carbocycles. The van der Waals surface area contributed by atoms with Crippen LogP contribution >= 0.6 is 0 Å². The molecule has 23 heavy (non-hydrogen) atoms. The van der Waals surface area contributed by atoms with Crippen LogP contribution in [0.2, 0.25) is 0 Å². The Labute approximate surface area is 143 Å². The molecule has 3 saturated carbocycles. The van der Waals surface area contributed by atoms with Crippen molar-refractivity contribution in [3.05, 3.63) is 12.7 Å². The van der Waals surface area contributed by atoms with E-state index in [-0.39, 0.29) is 6.10 Å². The van der Waals surface area contributed by atoms with Gasteiger partial charge >= 0.3 is 0 Å². The van der Waals surface area contributed by atoms with Crippen molar-refractivity contribution in [2.45, 2.75) is 84.2 Å². The van der Waals surface area contributed by atoms with Gasteiger partial charge < -0.3 is 5.11 Å². The Morgan fingerprint density at radius 1 is 1.04 bits per heavy atom. The summed E-state index contributed by atoms with van der Waals surface area (Å²) in [6.45, 7) is 8.77. The van der Waals surface area contributed by atoms with Crippen LogP contribution in [0.4, 0.5) is 0 Å². The van der Waals surface area contributed by atoms with Gasteiger partial charge in [-0.3, -0.25) is 0 Å². The van der Waals surface area contributed by atoms with Gasteiger partial charge in [0.2, 0.25) is 0 Å².